The lowest BCUT2D eigenvalue weighted by Gasteiger charge is -2.19. The van der Waals surface area contributed by atoms with Gasteiger partial charge in [0.05, 0.1) is 16.4 Å². The number of sulfonamides is 1. The number of amides is 1. The predicted molar refractivity (Wildman–Crippen MR) is 70.6 cm³/mol. The molecule has 0 atom stereocenters. The summed E-state index contributed by atoms with van der Waals surface area (Å²) in [6.45, 7) is -0.198. The third kappa shape index (κ3) is 3.31. The maximum absolute atomic E-state index is 11.5. The molecule has 1 heterocycles. The first-order chi connectivity index (χ1) is 9.27. The van der Waals surface area contributed by atoms with E-state index in [1.165, 1.54) is 12.1 Å². The van der Waals surface area contributed by atoms with Gasteiger partial charge in [0.15, 0.2) is 12.4 Å². The van der Waals surface area contributed by atoms with Crippen molar-refractivity contribution in [1.82, 2.24) is 0 Å². The fraction of sp³-hybridized carbons (Fsp3) is 0.200. The third-order valence-electron chi connectivity index (χ3n) is 2.28. The first-order valence-electron chi connectivity index (χ1n) is 5.25. The minimum Gasteiger partial charge on any atom is -0.482 e. The van der Waals surface area contributed by atoms with Crippen LogP contribution in [0.1, 0.15) is 0 Å². The van der Waals surface area contributed by atoms with Gasteiger partial charge in [-0.25, -0.2) is 8.42 Å². The van der Waals surface area contributed by atoms with Crippen LogP contribution in [0.25, 0.3) is 0 Å². The average Bonchev–Trinajstić information content (AvgIpc) is 2.28. The van der Waals surface area contributed by atoms with E-state index in [1.807, 2.05) is 4.72 Å². The second kappa shape index (κ2) is 5.17. The first kappa shape index (κ1) is 14.4. The van der Waals surface area contributed by atoms with Gasteiger partial charge in [-0.05, 0) is 6.07 Å². The Balaban J connectivity index is 2.30. The highest BCUT2D eigenvalue weighted by molar-refractivity contribution is 7.93. The number of fused-ring (bicyclic) bond motifs is 1. The number of aliphatic carboxylic acids is 1. The number of anilines is 2. The van der Waals surface area contributed by atoms with Crippen LogP contribution in [0.5, 0.6) is 5.75 Å². The number of carbonyl (C=O) groups excluding carboxylic acids is 1. The highest BCUT2D eigenvalue weighted by Gasteiger charge is 2.21. The van der Waals surface area contributed by atoms with Crippen molar-refractivity contribution >= 4 is 44.9 Å². The Morgan fingerprint density at radius 1 is 1.50 bits per heavy atom. The van der Waals surface area contributed by atoms with E-state index in [9.17, 15) is 18.0 Å². The Kier molecular flexibility index (Phi) is 3.73. The molecule has 1 aliphatic heterocycles. The van der Waals surface area contributed by atoms with Gasteiger partial charge in [-0.15, -0.1) is 0 Å². The normalized spacial score (nSPS) is 13.9. The zero-order valence-corrected chi connectivity index (χ0v) is 11.4. The molecule has 0 aromatic heterocycles. The van der Waals surface area contributed by atoms with Gasteiger partial charge in [0.1, 0.15) is 5.75 Å². The van der Waals surface area contributed by atoms with Crippen molar-refractivity contribution in [2.75, 3.05) is 22.4 Å². The standard InChI is InChI=1S/C10H9ClN2O6S/c11-5-1-7-8(19-3-9(14)12-7)2-6(5)13-20(17,18)4-10(15)16/h1-2,13H,3-4H2,(H,12,14)(H,15,16). The van der Waals surface area contributed by atoms with Crippen LogP contribution in [0, 0.1) is 0 Å². The highest BCUT2D eigenvalue weighted by Crippen LogP contribution is 2.36. The third-order valence-corrected chi connectivity index (χ3v) is 3.75. The molecular weight excluding hydrogens is 312 g/mol. The van der Waals surface area contributed by atoms with Crippen LogP contribution in [-0.2, 0) is 19.6 Å². The van der Waals surface area contributed by atoms with Gasteiger partial charge < -0.3 is 15.2 Å². The van der Waals surface area contributed by atoms with Crippen molar-refractivity contribution in [3.05, 3.63) is 17.2 Å². The van der Waals surface area contributed by atoms with Gasteiger partial charge >= 0.3 is 5.97 Å². The number of carboxylic acid groups (broad SMARTS) is 1. The minimum atomic E-state index is -4.07. The molecule has 0 aliphatic carbocycles. The molecule has 0 spiro atoms. The van der Waals surface area contributed by atoms with Crippen LogP contribution >= 0.6 is 11.6 Å². The summed E-state index contributed by atoms with van der Waals surface area (Å²) in [5.74, 6) is -2.69. The molecule has 20 heavy (non-hydrogen) atoms. The summed E-state index contributed by atoms with van der Waals surface area (Å²) in [5.41, 5.74) is 0.287. The van der Waals surface area contributed by atoms with Crippen molar-refractivity contribution in [3.8, 4) is 5.75 Å². The number of carbonyl (C=O) groups is 2. The van der Waals surface area contributed by atoms with Gasteiger partial charge in [-0.3, -0.25) is 14.3 Å². The topological polar surface area (TPSA) is 122 Å². The zero-order chi connectivity index (χ0) is 14.9. The molecule has 8 nitrogen and oxygen atoms in total. The summed E-state index contributed by atoms with van der Waals surface area (Å²) in [5, 5.41) is 11.0. The van der Waals surface area contributed by atoms with E-state index >= 15 is 0 Å². The molecule has 1 amide bonds. The number of halogens is 1. The van der Waals surface area contributed by atoms with Crippen LogP contribution in [0.3, 0.4) is 0 Å². The van der Waals surface area contributed by atoms with E-state index in [0.29, 0.717) is 5.69 Å². The lowest BCUT2D eigenvalue weighted by atomic mass is 10.2. The molecule has 1 aromatic rings. The van der Waals surface area contributed by atoms with E-state index in [1.54, 1.807) is 0 Å². The van der Waals surface area contributed by atoms with E-state index in [-0.39, 0.29) is 29.0 Å². The van der Waals surface area contributed by atoms with E-state index in [4.69, 9.17) is 21.4 Å². The Bertz CT molecular complexity index is 687. The summed E-state index contributed by atoms with van der Waals surface area (Å²) in [6.07, 6.45) is 0. The summed E-state index contributed by atoms with van der Waals surface area (Å²) in [7, 11) is -4.07. The van der Waals surface area contributed by atoms with Crippen LogP contribution in [0.15, 0.2) is 12.1 Å². The summed E-state index contributed by atoms with van der Waals surface area (Å²) < 4.78 is 30.2. The average molecular weight is 321 g/mol. The summed E-state index contributed by atoms with van der Waals surface area (Å²) in [6, 6.07) is 2.59. The van der Waals surface area contributed by atoms with Crippen LogP contribution in [0.2, 0.25) is 5.02 Å². The second-order valence-electron chi connectivity index (χ2n) is 3.92. The molecule has 108 valence electrons. The van der Waals surface area contributed by atoms with E-state index < -0.39 is 21.7 Å². The minimum absolute atomic E-state index is 0.00325. The number of carboxylic acids is 1. The number of rotatable bonds is 4. The van der Waals surface area contributed by atoms with Crippen LogP contribution < -0.4 is 14.8 Å². The maximum Gasteiger partial charge on any atom is 0.320 e. The van der Waals surface area contributed by atoms with Crippen molar-refractivity contribution in [2.24, 2.45) is 0 Å². The Morgan fingerprint density at radius 2 is 2.20 bits per heavy atom. The lowest BCUT2D eigenvalue weighted by molar-refractivity contribution is -0.134. The first-order valence-corrected chi connectivity index (χ1v) is 7.28. The molecule has 10 heteroatoms. The fourth-order valence-electron chi connectivity index (χ4n) is 1.54. The quantitative estimate of drug-likeness (QED) is 0.742. The van der Waals surface area contributed by atoms with Gasteiger partial charge in [0, 0.05) is 6.07 Å². The van der Waals surface area contributed by atoms with Crippen molar-refractivity contribution < 1.29 is 27.9 Å². The van der Waals surface area contributed by atoms with Crippen LogP contribution in [-0.4, -0.2) is 37.8 Å². The second-order valence-corrected chi connectivity index (χ2v) is 6.05. The molecule has 0 unspecified atom stereocenters. The lowest BCUT2D eigenvalue weighted by Crippen LogP contribution is -2.26. The molecule has 0 fully saturated rings. The molecule has 0 saturated carbocycles. The number of hydrogen-bond donors (Lipinski definition) is 3. The summed E-state index contributed by atoms with van der Waals surface area (Å²) in [4.78, 5) is 21.6. The molecule has 0 saturated heterocycles. The van der Waals surface area contributed by atoms with Crippen molar-refractivity contribution in [1.29, 1.82) is 0 Å². The predicted octanol–water partition coefficient (Wildman–Crippen LogP) is 0.497. The Labute approximate surface area is 118 Å². The zero-order valence-electron chi connectivity index (χ0n) is 9.84. The number of hydrogen-bond acceptors (Lipinski definition) is 5. The smallest absolute Gasteiger partial charge is 0.320 e. The molecule has 3 N–H and O–H groups in total. The molecule has 2 rings (SSSR count). The largest absolute Gasteiger partial charge is 0.482 e. The molecule has 0 radical (unpaired) electrons. The maximum atomic E-state index is 11.5. The van der Waals surface area contributed by atoms with E-state index in [2.05, 4.69) is 5.32 Å². The number of benzene rings is 1. The number of nitrogens with one attached hydrogen (secondary N) is 2. The van der Waals surface area contributed by atoms with E-state index in [0.717, 1.165) is 0 Å². The van der Waals surface area contributed by atoms with Gasteiger partial charge in [0.25, 0.3) is 5.91 Å². The van der Waals surface area contributed by atoms with Gasteiger partial charge in [-0.1, -0.05) is 11.6 Å². The monoisotopic (exact) mass is 320 g/mol. The summed E-state index contributed by atoms with van der Waals surface area (Å²) >= 11 is 5.87. The van der Waals surface area contributed by atoms with Crippen LogP contribution in [0.4, 0.5) is 11.4 Å². The highest BCUT2D eigenvalue weighted by atomic mass is 35.5. The molecule has 1 aromatic carbocycles. The van der Waals surface area contributed by atoms with Crippen molar-refractivity contribution in [2.45, 2.75) is 0 Å². The van der Waals surface area contributed by atoms with Gasteiger partial charge in [-0.2, -0.15) is 0 Å². The molecule has 0 bridgehead atoms. The fourth-order valence-corrected chi connectivity index (χ4v) is 2.71. The molecular formula is C10H9ClN2O6S. The van der Waals surface area contributed by atoms with Gasteiger partial charge in [0.2, 0.25) is 10.0 Å². The number of ether oxygens (including phenoxy) is 1. The molecule has 1 aliphatic rings. The van der Waals surface area contributed by atoms with Crippen molar-refractivity contribution in [3.63, 3.8) is 0 Å². The SMILES string of the molecule is O=C(O)CS(=O)(=O)Nc1cc2c(cc1Cl)NC(=O)CO2. The Hall–Kier alpha value is -2.00. The Morgan fingerprint density at radius 3 is 2.85 bits per heavy atom.